The Balaban J connectivity index is 1.46. The number of carbonyl (C=O) groups is 1. The molecule has 0 unspecified atom stereocenters. The number of aromatic nitrogens is 3. The summed E-state index contributed by atoms with van der Waals surface area (Å²) in [6, 6.07) is 1.84. The molecule has 2 fully saturated rings. The molecule has 2 aromatic heterocycles. The van der Waals surface area contributed by atoms with Crippen molar-refractivity contribution in [2.75, 3.05) is 19.7 Å². The largest absolute Gasteiger partial charge is 0.367 e. The smallest absolute Gasteiger partial charge is 0.292 e. The minimum atomic E-state index is -0.216. The fraction of sp³-hybridized carbons (Fsp3) is 0.632. The lowest BCUT2D eigenvalue weighted by atomic mass is 9.87. The normalized spacial score (nSPS) is 21.9. The average molecular weight is 358 g/mol. The third kappa shape index (κ3) is 3.40. The van der Waals surface area contributed by atoms with Crippen LogP contribution in [-0.4, -0.2) is 45.2 Å². The van der Waals surface area contributed by atoms with Crippen LogP contribution in [0.25, 0.3) is 0 Å². The van der Waals surface area contributed by atoms with Crippen LogP contribution in [0.15, 0.2) is 16.8 Å². The molecule has 140 valence electrons. The van der Waals surface area contributed by atoms with Crippen LogP contribution >= 0.6 is 0 Å². The Morgan fingerprint density at radius 2 is 2.08 bits per heavy atom. The van der Waals surface area contributed by atoms with Gasteiger partial charge in [0.15, 0.2) is 0 Å². The first-order valence-corrected chi connectivity index (χ1v) is 9.49. The molecule has 1 aliphatic carbocycles. The van der Waals surface area contributed by atoms with Gasteiger partial charge in [0.1, 0.15) is 11.9 Å². The van der Waals surface area contributed by atoms with E-state index in [1.807, 2.05) is 30.8 Å². The van der Waals surface area contributed by atoms with E-state index >= 15 is 0 Å². The number of hydrogen-bond acceptors (Lipinski definition) is 5. The summed E-state index contributed by atoms with van der Waals surface area (Å²) in [6.45, 7) is 3.48. The van der Waals surface area contributed by atoms with E-state index in [0.717, 1.165) is 30.1 Å². The highest BCUT2D eigenvalue weighted by Crippen LogP contribution is 2.32. The van der Waals surface area contributed by atoms with Crippen molar-refractivity contribution in [2.45, 2.75) is 51.0 Å². The van der Waals surface area contributed by atoms with Crippen molar-refractivity contribution in [3.05, 3.63) is 35.2 Å². The quantitative estimate of drug-likeness (QED) is 0.843. The summed E-state index contributed by atoms with van der Waals surface area (Å²) in [5.74, 6) is 1.50. The van der Waals surface area contributed by atoms with E-state index in [1.54, 1.807) is 4.90 Å². The van der Waals surface area contributed by atoms with Gasteiger partial charge < -0.3 is 18.7 Å². The standard InChI is InChI=1S/C19H26N4O3/c1-13-11-22(2)18(20-13)17-12-23(8-9-25-17)19(24)16-10-15(21-26-16)14-6-4-3-5-7-14/h10-11,14,17H,3-9,12H2,1-2H3/t17-/m0/s1. The van der Waals surface area contributed by atoms with Crippen LogP contribution in [0, 0.1) is 6.92 Å². The molecule has 1 saturated carbocycles. The van der Waals surface area contributed by atoms with Crippen molar-refractivity contribution in [2.24, 2.45) is 7.05 Å². The van der Waals surface area contributed by atoms with Crippen LogP contribution in [-0.2, 0) is 11.8 Å². The maximum atomic E-state index is 12.9. The molecule has 26 heavy (non-hydrogen) atoms. The molecule has 7 nitrogen and oxygen atoms in total. The Hall–Kier alpha value is -2.15. The maximum Gasteiger partial charge on any atom is 0.292 e. The lowest BCUT2D eigenvalue weighted by molar-refractivity contribution is -0.0290. The highest BCUT2D eigenvalue weighted by atomic mass is 16.5. The fourth-order valence-corrected chi connectivity index (χ4v) is 4.06. The van der Waals surface area contributed by atoms with Gasteiger partial charge in [-0.3, -0.25) is 4.79 Å². The topological polar surface area (TPSA) is 73.4 Å². The van der Waals surface area contributed by atoms with Gasteiger partial charge >= 0.3 is 0 Å². The second-order valence-electron chi connectivity index (χ2n) is 7.41. The Morgan fingerprint density at radius 1 is 1.27 bits per heavy atom. The predicted molar refractivity (Wildman–Crippen MR) is 94.9 cm³/mol. The number of amides is 1. The number of carbonyl (C=O) groups excluding carboxylic acids is 1. The summed E-state index contributed by atoms with van der Waals surface area (Å²) in [5.41, 5.74) is 1.87. The van der Waals surface area contributed by atoms with Crippen molar-refractivity contribution < 1.29 is 14.1 Å². The van der Waals surface area contributed by atoms with Gasteiger partial charge in [0.05, 0.1) is 24.5 Å². The molecule has 0 aromatic carbocycles. The highest BCUT2D eigenvalue weighted by molar-refractivity contribution is 5.91. The Labute approximate surface area is 153 Å². The molecule has 1 aliphatic heterocycles. The van der Waals surface area contributed by atoms with E-state index in [9.17, 15) is 4.79 Å². The SMILES string of the molecule is Cc1cn(C)c([C@@H]2CN(C(=O)c3cc(C4CCCCC4)no3)CCO2)n1. The number of aryl methyl sites for hydroxylation is 2. The Kier molecular flexibility index (Phi) is 4.80. The van der Waals surface area contributed by atoms with Crippen LogP contribution in [0.1, 0.15) is 71.9 Å². The molecule has 2 aromatic rings. The second-order valence-corrected chi connectivity index (χ2v) is 7.41. The van der Waals surface area contributed by atoms with E-state index in [4.69, 9.17) is 9.26 Å². The minimum Gasteiger partial charge on any atom is -0.367 e. The third-order valence-corrected chi connectivity index (χ3v) is 5.44. The number of rotatable bonds is 3. The first-order valence-electron chi connectivity index (χ1n) is 9.49. The van der Waals surface area contributed by atoms with Gasteiger partial charge in [-0.25, -0.2) is 4.98 Å². The summed E-state index contributed by atoms with van der Waals surface area (Å²) >= 11 is 0. The summed E-state index contributed by atoms with van der Waals surface area (Å²) < 4.78 is 13.2. The zero-order valence-corrected chi connectivity index (χ0v) is 15.5. The van der Waals surface area contributed by atoms with Crippen LogP contribution in [0.5, 0.6) is 0 Å². The summed E-state index contributed by atoms with van der Waals surface area (Å²) in [7, 11) is 1.95. The van der Waals surface area contributed by atoms with Crippen LogP contribution in [0.3, 0.4) is 0 Å². The zero-order chi connectivity index (χ0) is 18.1. The molecule has 3 heterocycles. The van der Waals surface area contributed by atoms with Crippen molar-refractivity contribution in [1.29, 1.82) is 0 Å². The number of ether oxygens (including phenoxy) is 1. The Morgan fingerprint density at radius 3 is 2.81 bits per heavy atom. The molecule has 0 bridgehead atoms. The van der Waals surface area contributed by atoms with Crippen molar-refractivity contribution >= 4 is 5.91 Å². The molecule has 4 rings (SSSR count). The molecular formula is C19H26N4O3. The van der Waals surface area contributed by atoms with E-state index in [0.29, 0.717) is 31.4 Å². The zero-order valence-electron chi connectivity index (χ0n) is 15.5. The molecule has 1 atom stereocenters. The molecule has 0 N–H and O–H groups in total. The number of nitrogens with zero attached hydrogens (tertiary/aromatic N) is 4. The van der Waals surface area contributed by atoms with Crippen LogP contribution in [0.2, 0.25) is 0 Å². The molecule has 7 heteroatoms. The third-order valence-electron chi connectivity index (χ3n) is 5.44. The maximum absolute atomic E-state index is 12.9. The number of morpholine rings is 1. The molecule has 1 amide bonds. The number of hydrogen-bond donors (Lipinski definition) is 0. The van der Waals surface area contributed by atoms with E-state index in [-0.39, 0.29) is 12.0 Å². The molecule has 0 spiro atoms. The molecule has 1 saturated heterocycles. The fourth-order valence-electron chi connectivity index (χ4n) is 4.06. The molecular weight excluding hydrogens is 332 g/mol. The van der Waals surface area contributed by atoms with E-state index < -0.39 is 0 Å². The predicted octanol–water partition coefficient (Wildman–Crippen LogP) is 2.98. The number of imidazole rings is 1. The van der Waals surface area contributed by atoms with Crippen LogP contribution < -0.4 is 0 Å². The Bertz CT molecular complexity index is 776. The summed E-state index contributed by atoms with van der Waals surface area (Å²) in [4.78, 5) is 19.2. The van der Waals surface area contributed by atoms with Gasteiger partial charge in [-0.15, -0.1) is 0 Å². The second kappa shape index (κ2) is 7.23. The van der Waals surface area contributed by atoms with Gasteiger partial charge in [-0.2, -0.15) is 0 Å². The van der Waals surface area contributed by atoms with Crippen molar-refractivity contribution in [1.82, 2.24) is 19.6 Å². The van der Waals surface area contributed by atoms with Gasteiger partial charge in [0.2, 0.25) is 5.76 Å². The monoisotopic (exact) mass is 358 g/mol. The van der Waals surface area contributed by atoms with Crippen molar-refractivity contribution in [3.63, 3.8) is 0 Å². The van der Waals surface area contributed by atoms with Gasteiger partial charge in [-0.1, -0.05) is 24.4 Å². The minimum absolute atomic E-state index is 0.112. The van der Waals surface area contributed by atoms with Gasteiger partial charge in [-0.05, 0) is 19.8 Å². The van der Waals surface area contributed by atoms with Crippen molar-refractivity contribution in [3.8, 4) is 0 Å². The first-order chi connectivity index (χ1) is 12.6. The van der Waals surface area contributed by atoms with E-state index in [1.165, 1.54) is 19.3 Å². The molecule has 0 radical (unpaired) electrons. The van der Waals surface area contributed by atoms with Gasteiger partial charge in [0, 0.05) is 31.8 Å². The lowest BCUT2D eigenvalue weighted by Gasteiger charge is -2.31. The average Bonchev–Trinajstić information content (AvgIpc) is 3.28. The summed E-state index contributed by atoms with van der Waals surface area (Å²) in [6.07, 6.45) is 7.78. The van der Waals surface area contributed by atoms with E-state index in [2.05, 4.69) is 10.1 Å². The lowest BCUT2D eigenvalue weighted by Crippen LogP contribution is -2.42. The first kappa shape index (κ1) is 17.3. The summed E-state index contributed by atoms with van der Waals surface area (Å²) in [5, 5.41) is 4.18. The highest BCUT2D eigenvalue weighted by Gasteiger charge is 2.31. The van der Waals surface area contributed by atoms with Gasteiger partial charge in [0.25, 0.3) is 5.91 Å². The molecule has 2 aliphatic rings. The van der Waals surface area contributed by atoms with Crippen LogP contribution in [0.4, 0.5) is 0 Å².